The van der Waals surface area contributed by atoms with Crippen LogP contribution in [0.25, 0.3) is 0 Å². The molecule has 0 aliphatic carbocycles. The number of alkyl halides is 3. The van der Waals surface area contributed by atoms with Gasteiger partial charge in [-0.15, -0.1) is 10.2 Å². The molecule has 1 aliphatic rings. The molecule has 1 N–H and O–H groups in total. The highest BCUT2D eigenvalue weighted by atomic mass is 32.1. The minimum atomic E-state index is -4.40. The Morgan fingerprint density at radius 3 is 2.56 bits per heavy atom. The van der Waals surface area contributed by atoms with E-state index in [1.165, 1.54) is 17.4 Å². The van der Waals surface area contributed by atoms with Crippen LogP contribution in [0, 0.1) is 0 Å². The number of carbonyl (C=O) groups excluding carboxylic acids is 1. The summed E-state index contributed by atoms with van der Waals surface area (Å²) in [7, 11) is 1.57. The number of nitrogens with zero attached hydrogens (tertiary/aromatic N) is 5. The highest BCUT2D eigenvalue weighted by molar-refractivity contribution is 7.13. The second-order valence-corrected chi connectivity index (χ2v) is 8.77. The Hall–Kier alpha value is -3.25. The summed E-state index contributed by atoms with van der Waals surface area (Å²) < 4.78 is 43.4. The number of amides is 1. The Balaban J connectivity index is 1.31. The number of anilines is 2. The molecule has 12 heteroatoms. The molecule has 3 heterocycles. The molecule has 1 fully saturated rings. The Morgan fingerprint density at radius 1 is 1.09 bits per heavy atom. The minimum absolute atomic E-state index is 0.274. The molecule has 4 rings (SSSR count). The lowest BCUT2D eigenvalue weighted by Gasteiger charge is -2.22. The molecular weight excluding hydrogens is 469 g/mol. The van der Waals surface area contributed by atoms with Crippen molar-refractivity contribution in [1.82, 2.24) is 20.1 Å². The topological polar surface area (TPSA) is 83.5 Å². The molecule has 1 saturated heterocycles. The summed E-state index contributed by atoms with van der Waals surface area (Å²) in [5, 5.41) is 12.0. The number of ether oxygens (including phenoxy) is 1. The molecule has 2 aromatic heterocycles. The van der Waals surface area contributed by atoms with Crippen LogP contribution in [0.5, 0.6) is 5.75 Å². The first-order valence-electron chi connectivity index (χ1n) is 10.6. The minimum Gasteiger partial charge on any atom is -0.497 e. The largest absolute Gasteiger partial charge is 0.497 e. The van der Waals surface area contributed by atoms with Crippen molar-refractivity contribution >= 4 is 28.7 Å². The Bertz CT molecular complexity index is 1110. The van der Waals surface area contributed by atoms with E-state index in [1.807, 2.05) is 4.90 Å². The van der Waals surface area contributed by atoms with Crippen LogP contribution in [-0.4, -0.2) is 59.3 Å². The van der Waals surface area contributed by atoms with Gasteiger partial charge >= 0.3 is 6.18 Å². The van der Waals surface area contributed by atoms with Crippen LogP contribution in [0.15, 0.2) is 42.6 Å². The van der Waals surface area contributed by atoms with E-state index in [1.54, 1.807) is 31.4 Å². The molecule has 0 spiro atoms. The van der Waals surface area contributed by atoms with Crippen molar-refractivity contribution in [3.8, 4) is 5.75 Å². The Labute approximate surface area is 198 Å². The van der Waals surface area contributed by atoms with Crippen molar-refractivity contribution in [1.29, 1.82) is 0 Å². The lowest BCUT2D eigenvalue weighted by Crippen LogP contribution is -2.31. The maximum Gasteiger partial charge on any atom is 0.417 e. The van der Waals surface area contributed by atoms with E-state index in [4.69, 9.17) is 4.74 Å². The number of halogens is 3. The fourth-order valence-electron chi connectivity index (χ4n) is 3.56. The average molecular weight is 493 g/mol. The molecule has 0 radical (unpaired) electrons. The standard InChI is InChI=1S/C22H23F3N6O2S/c1-33-17-6-4-16(5-7-17)27-20(32)21-29-28-19(34-21)14-30-9-2-10-31(12-11-30)18-8-3-15(13-26-18)22(23,24)25/h3-8,13H,2,9-12,14H2,1H3,(H,27,32). The van der Waals surface area contributed by atoms with Gasteiger partial charge < -0.3 is 15.0 Å². The van der Waals surface area contributed by atoms with Crippen molar-refractivity contribution in [3.63, 3.8) is 0 Å². The van der Waals surface area contributed by atoms with Crippen molar-refractivity contribution < 1.29 is 22.7 Å². The summed E-state index contributed by atoms with van der Waals surface area (Å²) in [5.41, 5.74) is -0.122. The number of hydrogen-bond acceptors (Lipinski definition) is 8. The third-order valence-corrected chi connectivity index (χ3v) is 6.26. The van der Waals surface area contributed by atoms with Gasteiger partial charge in [0, 0.05) is 38.1 Å². The second kappa shape index (κ2) is 10.3. The van der Waals surface area contributed by atoms with Crippen molar-refractivity contribution in [2.75, 3.05) is 43.5 Å². The Kier molecular flexibility index (Phi) is 7.27. The fraction of sp³-hybridized carbons (Fsp3) is 0.364. The van der Waals surface area contributed by atoms with E-state index in [0.29, 0.717) is 43.4 Å². The highest BCUT2D eigenvalue weighted by Crippen LogP contribution is 2.29. The number of hydrogen-bond donors (Lipinski definition) is 1. The zero-order valence-electron chi connectivity index (χ0n) is 18.4. The molecule has 0 unspecified atom stereocenters. The predicted octanol–water partition coefficient (Wildman–Crippen LogP) is 3.93. The number of rotatable bonds is 6. The monoisotopic (exact) mass is 492 g/mol. The molecule has 180 valence electrons. The zero-order chi connectivity index (χ0) is 24.1. The predicted molar refractivity (Wildman–Crippen MR) is 122 cm³/mol. The normalized spacial score (nSPS) is 15.1. The third kappa shape index (κ3) is 6.00. The van der Waals surface area contributed by atoms with Gasteiger partial charge in [0.15, 0.2) is 0 Å². The molecule has 0 saturated carbocycles. The van der Waals surface area contributed by atoms with E-state index >= 15 is 0 Å². The number of benzene rings is 1. The van der Waals surface area contributed by atoms with Crippen molar-refractivity contribution in [2.45, 2.75) is 19.1 Å². The molecule has 0 bridgehead atoms. The molecule has 3 aromatic rings. The first-order valence-corrected chi connectivity index (χ1v) is 11.4. The quantitative estimate of drug-likeness (QED) is 0.558. The smallest absolute Gasteiger partial charge is 0.417 e. The number of pyridine rings is 1. The van der Waals surface area contributed by atoms with Crippen LogP contribution in [0.4, 0.5) is 24.7 Å². The van der Waals surface area contributed by atoms with E-state index in [0.717, 1.165) is 30.2 Å². The molecule has 1 amide bonds. The van der Waals surface area contributed by atoms with Gasteiger partial charge in [-0.05, 0) is 42.8 Å². The third-order valence-electron chi connectivity index (χ3n) is 5.36. The van der Waals surface area contributed by atoms with Crippen LogP contribution < -0.4 is 15.0 Å². The molecular formula is C22H23F3N6O2S. The summed E-state index contributed by atoms with van der Waals surface area (Å²) in [6.07, 6.45) is -2.70. The van der Waals surface area contributed by atoms with Gasteiger partial charge in [0.05, 0.1) is 19.2 Å². The second-order valence-electron chi connectivity index (χ2n) is 7.70. The van der Waals surface area contributed by atoms with Gasteiger partial charge in [0.2, 0.25) is 5.01 Å². The first kappa shape index (κ1) is 23.9. The van der Waals surface area contributed by atoms with Gasteiger partial charge in [-0.2, -0.15) is 13.2 Å². The fourth-order valence-corrected chi connectivity index (χ4v) is 4.34. The lowest BCUT2D eigenvalue weighted by atomic mass is 10.2. The first-order chi connectivity index (χ1) is 16.3. The molecule has 0 atom stereocenters. The maximum atomic E-state index is 12.8. The summed E-state index contributed by atoms with van der Waals surface area (Å²) in [6, 6.07) is 9.47. The molecule has 8 nitrogen and oxygen atoms in total. The SMILES string of the molecule is COc1ccc(NC(=O)c2nnc(CN3CCCN(c4ccc(C(F)(F)F)cn4)CC3)s2)cc1. The van der Waals surface area contributed by atoms with Crippen LogP contribution in [0.2, 0.25) is 0 Å². The van der Waals surface area contributed by atoms with Crippen LogP contribution in [0.1, 0.15) is 26.8 Å². The Morgan fingerprint density at radius 2 is 1.88 bits per heavy atom. The zero-order valence-corrected chi connectivity index (χ0v) is 19.2. The summed E-state index contributed by atoms with van der Waals surface area (Å²) in [4.78, 5) is 20.7. The van der Waals surface area contributed by atoms with E-state index in [-0.39, 0.29) is 10.9 Å². The van der Waals surface area contributed by atoms with Crippen LogP contribution in [0.3, 0.4) is 0 Å². The lowest BCUT2D eigenvalue weighted by molar-refractivity contribution is -0.137. The summed E-state index contributed by atoms with van der Waals surface area (Å²) in [5.74, 6) is 0.897. The van der Waals surface area contributed by atoms with Gasteiger partial charge in [-0.1, -0.05) is 11.3 Å². The number of carbonyl (C=O) groups is 1. The number of methoxy groups -OCH3 is 1. The maximum absolute atomic E-state index is 12.8. The number of nitrogens with one attached hydrogen (secondary N) is 1. The van der Waals surface area contributed by atoms with Crippen molar-refractivity contribution in [3.05, 3.63) is 58.2 Å². The van der Waals surface area contributed by atoms with Crippen LogP contribution >= 0.6 is 11.3 Å². The highest BCUT2D eigenvalue weighted by Gasteiger charge is 2.31. The van der Waals surface area contributed by atoms with Gasteiger partial charge in [-0.3, -0.25) is 9.69 Å². The van der Waals surface area contributed by atoms with E-state index < -0.39 is 11.7 Å². The number of aromatic nitrogens is 3. The average Bonchev–Trinajstić information content (AvgIpc) is 3.17. The van der Waals surface area contributed by atoms with Crippen LogP contribution in [-0.2, 0) is 12.7 Å². The molecule has 1 aromatic carbocycles. The van der Waals surface area contributed by atoms with E-state index in [2.05, 4.69) is 25.4 Å². The van der Waals surface area contributed by atoms with Gasteiger partial charge in [-0.25, -0.2) is 4.98 Å². The van der Waals surface area contributed by atoms with Gasteiger partial charge in [0.1, 0.15) is 16.6 Å². The summed E-state index contributed by atoms with van der Waals surface area (Å²) >= 11 is 1.24. The summed E-state index contributed by atoms with van der Waals surface area (Å²) in [6.45, 7) is 3.35. The molecule has 1 aliphatic heterocycles. The molecule has 34 heavy (non-hydrogen) atoms. The van der Waals surface area contributed by atoms with Crippen molar-refractivity contribution in [2.24, 2.45) is 0 Å². The van der Waals surface area contributed by atoms with Gasteiger partial charge in [0.25, 0.3) is 5.91 Å². The van der Waals surface area contributed by atoms with E-state index in [9.17, 15) is 18.0 Å².